The van der Waals surface area contributed by atoms with Gasteiger partial charge in [-0.2, -0.15) is 4.31 Å². The zero-order valence-electron chi connectivity index (χ0n) is 15.5. The van der Waals surface area contributed by atoms with Gasteiger partial charge in [0.1, 0.15) is 5.75 Å². The fourth-order valence-corrected chi connectivity index (χ4v) is 3.45. The van der Waals surface area contributed by atoms with E-state index >= 15 is 0 Å². The summed E-state index contributed by atoms with van der Waals surface area (Å²) in [6.07, 6.45) is 1.07. The molecule has 0 aromatic heterocycles. The lowest BCUT2D eigenvalue weighted by Crippen LogP contribution is -2.40. The Morgan fingerprint density at radius 3 is 2.37 bits per heavy atom. The SMILES string of the molecule is COc1ccc([C@H](C)NC(=O)CN(Cc2ccccc2Cl)S(C)(=O)=O)cc1. The van der Waals surface area contributed by atoms with E-state index < -0.39 is 15.9 Å². The molecule has 2 aromatic carbocycles. The van der Waals surface area contributed by atoms with Gasteiger partial charge >= 0.3 is 0 Å². The molecule has 2 rings (SSSR count). The Hall–Kier alpha value is -2.09. The van der Waals surface area contributed by atoms with Crippen LogP contribution in [0.1, 0.15) is 24.1 Å². The molecule has 146 valence electrons. The highest BCUT2D eigenvalue weighted by Gasteiger charge is 2.22. The molecule has 1 N–H and O–H groups in total. The minimum atomic E-state index is -3.59. The van der Waals surface area contributed by atoms with E-state index in [-0.39, 0.29) is 19.1 Å². The molecule has 0 unspecified atom stereocenters. The second-order valence-electron chi connectivity index (χ2n) is 6.18. The monoisotopic (exact) mass is 410 g/mol. The molecule has 0 bridgehead atoms. The van der Waals surface area contributed by atoms with Crippen LogP contribution in [0.5, 0.6) is 5.75 Å². The predicted octanol–water partition coefficient (Wildman–Crippen LogP) is 2.99. The van der Waals surface area contributed by atoms with Crippen LogP contribution in [-0.4, -0.2) is 38.5 Å². The summed E-state index contributed by atoms with van der Waals surface area (Å²) in [7, 11) is -2.00. The molecule has 2 aromatic rings. The maximum atomic E-state index is 12.4. The second-order valence-corrected chi connectivity index (χ2v) is 8.57. The molecule has 8 heteroatoms. The standard InChI is InChI=1S/C19H23ClN2O4S/c1-14(15-8-10-17(26-2)11-9-15)21-19(23)13-22(27(3,24)25)12-16-6-4-5-7-18(16)20/h4-11,14H,12-13H2,1-3H3,(H,21,23)/t14-/m0/s1. The van der Waals surface area contributed by atoms with Crippen molar-refractivity contribution in [1.82, 2.24) is 9.62 Å². The quantitative estimate of drug-likeness (QED) is 0.725. The number of hydrogen-bond acceptors (Lipinski definition) is 4. The van der Waals surface area contributed by atoms with Gasteiger partial charge in [0, 0.05) is 11.6 Å². The Morgan fingerprint density at radius 1 is 1.19 bits per heavy atom. The van der Waals surface area contributed by atoms with Crippen molar-refractivity contribution < 1.29 is 17.9 Å². The first-order chi connectivity index (χ1) is 12.7. The third-order valence-corrected chi connectivity index (χ3v) is 5.65. The maximum Gasteiger partial charge on any atom is 0.235 e. The summed E-state index contributed by atoms with van der Waals surface area (Å²) < 4.78 is 30.4. The number of nitrogens with one attached hydrogen (secondary N) is 1. The summed E-state index contributed by atoms with van der Waals surface area (Å²) in [5, 5.41) is 3.27. The lowest BCUT2D eigenvalue weighted by molar-refractivity contribution is -0.122. The Labute approximate surface area is 165 Å². The van der Waals surface area contributed by atoms with E-state index in [1.54, 1.807) is 43.5 Å². The minimum absolute atomic E-state index is 0.0306. The van der Waals surface area contributed by atoms with Gasteiger partial charge in [-0.1, -0.05) is 41.9 Å². The lowest BCUT2D eigenvalue weighted by Gasteiger charge is -2.22. The Kier molecular flexibility index (Phi) is 7.24. The van der Waals surface area contributed by atoms with Crippen molar-refractivity contribution in [3.8, 4) is 5.75 Å². The Balaban J connectivity index is 2.06. The van der Waals surface area contributed by atoms with E-state index in [0.717, 1.165) is 21.9 Å². The van der Waals surface area contributed by atoms with Crippen LogP contribution in [0, 0.1) is 0 Å². The summed E-state index contributed by atoms with van der Waals surface area (Å²) in [6, 6.07) is 14.0. The van der Waals surface area contributed by atoms with E-state index in [1.165, 1.54) is 0 Å². The normalized spacial score (nSPS) is 12.6. The van der Waals surface area contributed by atoms with Gasteiger partial charge in [0.2, 0.25) is 15.9 Å². The number of benzene rings is 2. The molecule has 0 fully saturated rings. The maximum absolute atomic E-state index is 12.4. The topological polar surface area (TPSA) is 75.7 Å². The van der Waals surface area contributed by atoms with Gasteiger partial charge in [0.15, 0.2) is 0 Å². The summed E-state index contributed by atoms with van der Waals surface area (Å²) in [6.45, 7) is 1.58. The Bertz CT molecular complexity index is 885. The van der Waals surface area contributed by atoms with Crippen LogP contribution in [0.3, 0.4) is 0 Å². The molecule has 1 atom stereocenters. The Morgan fingerprint density at radius 2 is 1.81 bits per heavy atom. The molecule has 0 aliphatic carbocycles. The van der Waals surface area contributed by atoms with E-state index in [9.17, 15) is 13.2 Å². The molecule has 0 aliphatic heterocycles. The van der Waals surface area contributed by atoms with Crippen molar-refractivity contribution in [2.75, 3.05) is 19.9 Å². The van der Waals surface area contributed by atoms with Crippen molar-refractivity contribution in [3.05, 3.63) is 64.7 Å². The first kappa shape index (κ1) is 21.2. The molecule has 27 heavy (non-hydrogen) atoms. The highest BCUT2D eigenvalue weighted by molar-refractivity contribution is 7.88. The van der Waals surface area contributed by atoms with Gasteiger partial charge in [0.05, 0.1) is 26.0 Å². The van der Waals surface area contributed by atoms with Gasteiger partial charge in [-0.25, -0.2) is 8.42 Å². The summed E-state index contributed by atoms with van der Waals surface area (Å²) in [5.74, 6) is 0.330. The average Bonchev–Trinajstić information content (AvgIpc) is 2.62. The number of hydrogen-bond donors (Lipinski definition) is 1. The van der Waals surface area contributed by atoms with Crippen LogP contribution in [0.15, 0.2) is 48.5 Å². The molecule has 0 spiro atoms. The fraction of sp³-hybridized carbons (Fsp3) is 0.316. The number of carbonyl (C=O) groups is 1. The first-order valence-electron chi connectivity index (χ1n) is 8.32. The highest BCUT2D eigenvalue weighted by atomic mass is 35.5. The number of amides is 1. The molecule has 0 radical (unpaired) electrons. The smallest absolute Gasteiger partial charge is 0.235 e. The molecule has 0 heterocycles. The average molecular weight is 411 g/mol. The largest absolute Gasteiger partial charge is 0.497 e. The number of nitrogens with zero attached hydrogens (tertiary/aromatic N) is 1. The summed E-state index contributed by atoms with van der Waals surface area (Å²) in [4.78, 5) is 12.4. The third-order valence-electron chi connectivity index (χ3n) is 4.09. The van der Waals surface area contributed by atoms with Gasteiger partial charge < -0.3 is 10.1 Å². The molecular formula is C19H23ClN2O4S. The van der Waals surface area contributed by atoms with Crippen molar-refractivity contribution >= 4 is 27.5 Å². The highest BCUT2D eigenvalue weighted by Crippen LogP contribution is 2.19. The third kappa shape index (κ3) is 6.23. The molecule has 1 amide bonds. The molecule has 0 saturated carbocycles. The van der Waals surface area contributed by atoms with Crippen LogP contribution in [0.4, 0.5) is 0 Å². The van der Waals surface area contributed by atoms with E-state index in [0.29, 0.717) is 10.6 Å². The summed E-state index contributed by atoms with van der Waals surface area (Å²) >= 11 is 6.11. The van der Waals surface area contributed by atoms with Crippen LogP contribution >= 0.6 is 11.6 Å². The summed E-state index contributed by atoms with van der Waals surface area (Å²) in [5.41, 5.74) is 1.53. The lowest BCUT2D eigenvalue weighted by atomic mass is 10.1. The second kappa shape index (κ2) is 9.21. The van der Waals surface area contributed by atoms with Crippen LogP contribution < -0.4 is 10.1 Å². The van der Waals surface area contributed by atoms with Crippen LogP contribution in [-0.2, 0) is 21.4 Å². The first-order valence-corrected chi connectivity index (χ1v) is 10.5. The molecular weight excluding hydrogens is 388 g/mol. The number of ether oxygens (including phenoxy) is 1. The fourth-order valence-electron chi connectivity index (χ4n) is 2.53. The number of halogens is 1. The number of carbonyl (C=O) groups excluding carboxylic acids is 1. The van der Waals surface area contributed by atoms with E-state index in [4.69, 9.17) is 16.3 Å². The predicted molar refractivity (Wildman–Crippen MR) is 106 cm³/mol. The van der Waals surface area contributed by atoms with Crippen LogP contribution in [0.25, 0.3) is 0 Å². The van der Waals surface area contributed by atoms with Gasteiger partial charge in [-0.15, -0.1) is 0 Å². The van der Waals surface area contributed by atoms with Crippen molar-refractivity contribution in [2.24, 2.45) is 0 Å². The van der Waals surface area contributed by atoms with E-state index in [1.807, 2.05) is 19.1 Å². The molecule has 0 saturated heterocycles. The minimum Gasteiger partial charge on any atom is -0.497 e. The van der Waals surface area contributed by atoms with Crippen molar-refractivity contribution in [1.29, 1.82) is 0 Å². The number of rotatable bonds is 8. The van der Waals surface area contributed by atoms with E-state index in [2.05, 4.69) is 5.32 Å². The van der Waals surface area contributed by atoms with Crippen LogP contribution in [0.2, 0.25) is 5.02 Å². The zero-order valence-corrected chi connectivity index (χ0v) is 17.0. The van der Waals surface area contributed by atoms with Gasteiger partial charge in [-0.05, 0) is 36.2 Å². The van der Waals surface area contributed by atoms with Gasteiger partial charge in [-0.3, -0.25) is 4.79 Å². The van der Waals surface area contributed by atoms with Gasteiger partial charge in [0.25, 0.3) is 0 Å². The zero-order chi connectivity index (χ0) is 20.0. The van der Waals surface area contributed by atoms with Crippen molar-refractivity contribution in [3.63, 3.8) is 0 Å². The number of methoxy groups -OCH3 is 1. The molecule has 0 aliphatic rings. The molecule has 6 nitrogen and oxygen atoms in total. The number of sulfonamides is 1. The van der Waals surface area contributed by atoms with Crippen molar-refractivity contribution in [2.45, 2.75) is 19.5 Å².